The Balaban J connectivity index is 1.49. The van der Waals surface area contributed by atoms with Crippen molar-refractivity contribution in [2.45, 2.75) is 4.90 Å². The predicted molar refractivity (Wildman–Crippen MR) is 165 cm³/mol. The van der Waals surface area contributed by atoms with E-state index >= 15 is 0 Å². The van der Waals surface area contributed by atoms with Crippen LogP contribution in [0.15, 0.2) is 108 Å². The first kappa shape index (κ1) is 30.0. The Bertz CT molecular complexity index is 1590. The molecule has 0 aliphatic carbocycles. The minimum absolute atomic E-state index is 0.0193. The second-order valence-electron chi connectivity index (χ2n) is 8.91. The molecule has 0 fully saturated rings. The van der Waals surface area contributed by atoms with Crippen LogP contribution in [0.5, 0.6) is 17.2 Å². The Labute approximate surface area is 248 Å². The monoisotopic (exact) mass is 582 g/mol. The number of amides is 2. The highest BCUT2D eigenvalue weighted by atomic mass is 32.2. The van der Waals surface area contributed by atoms with Gasteiger partial charge in [0.2, 0.25) is 0 Å². The van der Waals surface area contributed by atoms with Crippen LogP contribution in [0, 0.1) is 0 Å². The Morgan fingerprint density at radius 3 is 2.12 bits per heavy atom. The van der Waals surface area contributed by atoms with Crippen molar-refractivity contribution in [3.8, 4) is 17.2 Å². The van der Waals surface area contributed by atoms with Gasteiger partial charge in [-0.3, -0.25) is 14.4 Å². The summed E-state index contributed by atoms with van der Waals surface area (Å²) in [7, 11) is 4.62. The summed E-state index contributed by atoms with van der Waals surface area (Å²) in [6.45, 7) is 0. The van der Waals surface area contributed by atoms with Crippen LogP contribution in [0.25, 0.3) is 6.08 Å². The van der Waals surface area contributed by atoms with Crippen molar-refractivity contribution < 1.29 is 28.6 Å². The average Bonchev–Trinajstić information content (AvgIpc) is 3.04. The standard InChI is InChI=1S/C33H30N2O6S/c1-39-26-11-7-10-23(18-26)30(36)21-42-28-16-13-25(14-17-28)34-33(38)29(35-32(37)22-8-5-4-6-9-22)19-24-12-15-27(40-2)20-31(24)41-3/h4-20H,21H2,1-3H3,(H,34,38)(H,35,37)/b29-19-. The molecule has 0 atom stereocenters. The van der Waals surface area contributed by atoms with E-state index in [1.807, 2.05) is 12.1 Å². The maximum absolute atomic E-state index is 13.4. The van der Waals surface area contributed by atoms with E-state index in [2.05, 4.69) is 10.6 Å². The Hall–Kier alpha value is -5.02. The normalized spacial score (nSPS) is 10.9. The maximum atomic E-state index is 13.4. The molecule has 8 nitrogen and oxygen atoms in total. The van der Waals surface area contributed by atoms with Gasteiger partial charge in [-0.1, -0.05) is 30.3 Å². The van der Waals surface area contributed by atoms with Gasteiger partial charge in [0, 0.05) is 33.3 Å². The lowest BCUT2D eigenvalue weighted by molar-refractivity contribution is -0.113. The van der Waals surface area contributed by atoms with Gasteiger partial charge in [0.15, 0.2) is 5.78 Å². The molecule has 0 saturated heterocycles. The minimum atomic E-state index is -0.522. The molecule has 9 heteroatoms. The van der Waals surface area contributed by atoms with E-state index in [1.54, 1.807) is 105 Å². The van der Waals surface area contributed by atoms with Gasteiger partial charge < -0.3 is 24.8 Å². The Kier molecular flexibility index (Phi) is 10.4. The first-order valence-electron chi connectivity index (χ1n) is 12.9. The number of carbonyl (C=O) groups excluding carboxylic acids is 3. The fourth-order valence-electron chi connectivity index (χ4n) is 3.90. The van der Waals surface area contributed by atoms with E-state index < -0.39 is 11.8 Å². The summed E-state index contributed by atoms with van der Waals surface area (Å²) in [5.41, 5.74) is 2.10. The SMILES string of the molecule is COc1cccc(C(=O)CSc2ccc(NC(=O)/C(=C/c3ccc(OC)cc3OC)NC(=O)c3ccccc3)cc2)c1. The van der Waals surface area contributed by atoms with Crippen LogP contribution in [0.4, 0.5) is 5.69 Å². The number of ketones is 1. The summed E-state index contributed by atoms with van der Waals surface area (Å²) in [6.07, 6.45) is 1.54. The molecule has 4 aromatic carbocycles. The van der Waals surface area contributed by atoms with Gasteiger partial charge in [0.1, 0.15) is 22.9 Å². The molecule has 42 heavy (non-hydrogen) atoms. The molecule has 0 radical (unpaired) electrons. The number of carbonyl (C=O) groups is 3. The zero-order valence-electron chi connectivity index (χ0n) is 23.4. The molecule has 0 spiro atoms. The second kappa shape index (κ2) is 14.6. The summed E-state index contributed by atoms with van der Waals surface area (Å²) < 4.78 is 15.9. The molecule has 0 saturated carbocycles. The molecule has 214 valence electrons. The van der Waals surface area contributed by atoms with Crippen LogP contribution >= 0.6 is 11.8 Å². The van der Waals surface area contributed by atoms with E-state index in [0.717, 1.165) is 4.90 Å². The minimum Gasteiger partial charge on any atom is -0.497 e. The van der Waals surface area contributed by atoms with E-state index in [4.69, 9.17) is 14.2 Å². The van der Waals surface area contributed by atoms with Gasteiger partial charge in [-0.15, -0.1) is 11.8 Å². The van der Waals surface area contributed by atoms with Gasteiger partial charge in [-0.05, 0) is 66.7 Å². The van der Waals surface area contributed by atoms with Gasteiger partial charge >= 0.3 is 0 Å². The molecule has 0 unspecified atom stereocenters. The van der Waals surface area contributed by atoms with E-state index in [0.29, 0.717) is 39.6 Å². The fourth-order valence-corrected chi connectivity index (χ4v) is 4.69. The number of nitrogens with one attached hydrogen (secondary N) is 2. The van der Waals surface area contributed by atoms with Gasteiger partial charge in [-0.2, -0.15) is 0 Å². The number of ether oxygens (including phenoxy) is 3. The molecule has 4 aromatic rings. The van der Waals surface area contributed by atoms with Crippen molar-refractivity contribution in [2.75, 3.05) is 32.4 Å². The van der Waals surface area contributed by atoms with Crippen molar-refractivity contribution in [2.24, 2.45) is 0 Å². The van der Waals surface area contributed by atoms with Crippen LogP contribution in [-0.4, -0.2) is 44.7 Å². The topological polar surface area (TPSA) is 103 Å². The first-order valence-corrected chi connectivity index (χ1v) is 13.9. The number of benzene rings is 4. The van der Waals surface area contributed by atoms with Crippen LogP contribution in [-0.2, 0) is 4.79 Å². The second-order valence-corrected chi connectivity index (χ2v) is 9.96. The lowest BCUT2D eigenvalue weighted by Gasteiger charge is -2.13. The highest BCUT2D eigenvalue weighted by Crippen LogP contribution is 2.27. The highest BCUT2D eigenvalue weighted by Gasteiger charge is 2.17. The van der Waals surface area contributed by atoms with E-state index in [-0.39, 0.29) is 17.2 Å². The van der Waals surface area contributed by atoms with Crippen LogP contribution in [0.3, 0.4) is 0 Å². The van der Waals surface area contributed by atoms with Gasteiger partial charge in [0.25, 0.3) is 11.8 Å². The summed E-state index contributed by atoms with van der Waals surface area (Å²) in [5, 5.41) is 5.55. The van der Waals surface area contributed by atoms with Gasteiger partial charge in [0.05, 0.1) is 27.1 Å². The van der Waals surface area contributed by atoms with Crippen molar-refractivity contribution in [1.29, 1.82) is 0 Å². The summed E-state index contributed by atoms with van der Waals surface area (Å²) in [5.74, 6) is 0.965. The Morgan fingerprint density at radius 1 is 0.738 bits per heavy atom. The number of hydrogen-bond donors (Lipinski definition) is 2. The number of methoxy groups -OCH3 is 3. The van der Waals surface area contributed by atoms with Crippen LogP contribution < -0.4 is 24.8 Å². The zero-order valence-corrected chi connectivity index (χ0v) is 24.2. The van der Waals surface area contributed by atoms with Crippen LogP contribution in [0.1, 0.15) is 26.3 Å². The van der Waals surface area contributed by atoms with Gasteiger partial charge in [-0.25, -0.2) is 0 Å². The predicted octanol–water partition coefficient (Wildman–Crippen LogP) is 6.10. The smallest absolute Gasteiger partial charge is 0.272 e. The largest absolute Gasteiger partial charge is 0.497 e. The number of anilines is 1. The third-order valence-electron chi connectivity index (χ3n) is 6.14. The molecule has 0 aliphatic rings. The molecular formula is C33H30N2O6S. The van der Waals surface area contributed by atoms with Crippen LogP contribution in [0.2, 0.25) is 0 Å². The molecule has 2 N–H and O–H groups in total. The van der Waals surface area contributed by atoms with E-state index in [1.165, 1.54) is 18.9 Å². The third-order valence-corrected chi connectivity index (χ3v) is 7.16. The molecular weight excluding hydrogens is 552 g/mol. The molecule has 0 bridgehead atoms. The van der Waals surface area contributed by atoms with E-state index in [9.17, 15) is 14.4 Å². The summed E-state index contributed by atoms with van der Waals surface area (Å²) in [4.78, 5) is 39.8. The number of hydrogen-bond acceptors (Lipinski definition) is 7. The van der Waals surface area contributed by atoms with Crippen molar-refractivity contribution in [1.82, 2.24) is 5.32 Å². The quantitative estimate of drug-likeness (QED) is 0.118. The summed E-state index contributed by atoms with van der Waals surface area (Å²) in [6, 6.07) is 27.9. The van der Waals surface area contributed by atoms with Crippen molar-refractivity contribution in [3.63, 3.8) is 0 Å². The first-order chi connectivity index (χ1) is 20.4. The van der Waals surface area contributed by atoms with Crippen molar-refractivity contribution in [3.05, 3.63) is 119 Å². The fraction of sp³-hybridized carbons (Fsp3) is 0.121. The molecule has 2 amide bonds. The Morgan fingerprint density at radius 2 is 1.43 bits per heavy atom. The molecule has 0 aromatic heterocycles. The van der Waals surface area contributed by atoms with Crippen molar-refractivity contribution >= 4 is 41.1 Å². The number of thioether (sulfide) groups is 1. The third kappa shape index (κ3) is 8.02. The lowest BCUT2D eigenvalue weighted by atomic mass is 10.1. The zero-order chi connectivity index (χ0) is 29.9. The highest BCUT2D eigenvalue weighted by molar-refractivity contribution is 8.00. The molecule has 4 rings (SSSR count). The molecule has 0 aliphatic heterocycles. The average molecular weight is 583 g/mol. The molecule has 0 heterocycles. The summed E-state index contributed by atoms with van der Waals surface area (Å²) >= 11 is 1.39. The lowest BCUT2D eigenvalue weighted by Crippen LogP contribution is -2.30. The number of Topliss-reactive ketones (excluding diaryl/α,β-unsaturated/α-hetero) is 1. The maximum Gasteiger partial charge on any atom is 0.272 e. The number of rotatable bonds is 12.